The summed E-state index contributed by atoms with van der Waals surface area (Å²) in [6.45, 7) is 3.79. The number of thioether (sulfide) groups is 2. The van der Waals surface area contributed by atoms with E-state index in [4.69, 9.17) is 4.52 Å². The zero-order chi connectivity index (χ0) is 17.8. The molecule has 0 aliphatic carbocycles. The largest absolute Gasteiger partial charge is 0.338 e. The number of H-pyrrole nitrogens is 1. The first kappa shape index (κ1) is 17.8. The van der Waals surface area contributed by atoms with Crippen LogP contribution < -0.4 is 5.56 Å². The lowest BCUT2D eigenvalue weighted by molar-refractivity contribution is 0.391. The van der Waals surface area contributed by atoms with E-state index in [0.717, 1.165) is 16.8 Å². The molecular formula is C17H18N4O2S2. The average molecular weight is 374 g/mol. The van der Waals surface area contributed by atoms with Crippen LogP contribution in [-0.4, -0.2) is 26.4 Å². The van der Waals surface area contributed by atoms with Crippen molar-refractivity contribution in [2.24, 2.45) is 0 Å². The van der Waals surface area contributed by atoms with Gasteiger partial charge in [0.2, 0.25) is 11.7 Å². The third-order valence-electron chi connectivity index (χ3n) is 3.70. The van der Waals surface area contributed by atoms with Crippen LogP contribution in [0.25, 0.3) is 11.4 Å². The Morgan fingerprint density at radius 2 is 1.96 bits per heavy atom. The Morgan fingerprint density at radius 3 is 2.60 bits per heavy atom. The lowest BCUT2D eigenvalue weighted by Crippen LogP contribution is -2.16. The molecule has 2 heterocycles. The summed E-state index contributed by atoms with van der Waals surface area (Å²) < 4.78 is 5.30. The number of rotatable bonds is 6. The molecule has 1 aromatic carbocycles. The van der Waals surface area contributed by atoms with Crippen LogP contribution in [0.4, 0.5) is 0 Å². The number of benzene rings is 1. The molecule has 0 spiro atoms. The summed E-state index contributed by atoms with van der Waals surface area (Å²) in [6, 6.07) is 7.99. The standard InChI is InChI=1S/C17H18N4O2S2/c1-4-13-10(2)18-17(20-16(13)22)25-9-14-19-15(21-23-14)11-5-7-12(24-3)8-6-11/h5-8H,4,9H2,1-3H3,(H,18,20,22). The molecule has 0 aliphatic heterocycles. The first-order chi connectivity index (χ1) is 12.1. The van der Waals surface area contributed by atoms with Crippen LogP contribution in [0.3, 0.4) is 0 Å². The molecule has 0 amide bonds. The van der Waals surface area contributed by atoms with E-state index in [9.17, 15) is 4.79 Å². The van der Waals surface area contributed by atoms with E-state index in [1.54, 1.807) is 11.8 Å². The number of hydrogen-bond acceptors (Lipinski definition) is 7. The predicted octanol–water partition coefficient (Wildman–Crippen LogP) is 3.70. The quantitative estimate of drug-likeness (QED) is 0.520. The summed E-state index contributed by atoms with van der Waals surface area (Å²) in [6.07, 6.45) is 2.70. The van der Waals surface area contributed by atoms with Crippen LogP contribution in [0.5, 0.6) is 0 Å². The number of aromatic amines is 1. The molecule has 8 heteroatoms. The molecule has 25 heavy (non-hydrogen) atoms. The molecule has 0 saturated heterocycles. The first-order valence-corrected chi connectivity index (χ1v) is 10.0. The van der Waals surface area contributed by atoms with Gasteiger partial charge in [0, 0.05) is 21.7 Å². The molecule has 2 aromatic heterocycles. The van der Waals surface area contributed by atoms with Gasteiger partial charge in [0.25, 0.3) is 5.56 Å². The third kappa shape index (κ3) is 4.13. The van der Waals surface area contributed by atoms with E-state index >= 15 is 0 Å². The fourth-order valence-corrected chi connectivity index (χ4v) is 3.52. The molecular weight excluding hydrogens is 356 g/mol. The van der Waals surface area contributed by atoms with E-state index in [0.29, 0.717) is 29.0 Å². The highest BCUT2D eigenvalue weighted by Gasteiger charge is 2.11. The van der Waals surface area contributed by atoms with Gasteiger partial charge in [-0.25, -0.2) is 4.98 Å². The summed E-state index contributed by atoms with van der Waals surface area (Å²) in [5.74, 6) is 1.50. The summed E-state index contributed by atoms with van der Waals surface area (Å²) in [5.41, 5.74) is 2.30. The lowest BCUT2D eigenvalue weighted by Gasteiger charge is -2.03. The highest BCUT2D eigenvalue weighted by Crippen LogP contribution is 2.23. The monoisotopic (exact) mass is 374 g/mol. The Balaban J connectivity index is 1.70. The predicted molar refractivity (Wildman–Crippen MR) is 100 cm³/mol. The van der Waals surface area contributed by atoms with E-state index in [1.807, 2.05) is 44.4 Å². The molecule has 6 nitrogen and oxygen atoms in total. The number of nitrogens with zero attached hydrogens (tertiary/aromatic N) is 3. The van der Waals surface area contributed by atoms with Gasteiger partial charge >= 0.3 is 0 Å². The van der Waals surface area contributed by atoms with Crippen molar-refractivity contribution in [2.45, 2.75) is 36.1 Å². The molecule has 1 N–H and O–H groups in total. The molecule has 0 saturated carbocycles. The smallest absolute Gasteiger partial charge is 0.254 e. The van der Waals surface area contributed by atoms with Crippen molar-refractivity contribution in [1.29, 1.82) is 0 Å². The normalized spacial score (nSPS) is 11.0. The number of nitrogens with one attached hydrogen (secondary N) is 1. The second-order valence-corrected chi connectivity index (χ2v) is 7.16. The second kappa shape index (κ2) is 7.88. The third-order valence-corrected chi connectivity index (χ3v) is 5.30. The Labute approximate surface area is 153 Å². The van der Waals surface area contributed by atoms with Gasteiger partial charge in [-0.05, 0) is 43.9 Å². The Kier molecular flexibility index (Phi) is 5.60. The minimum absolute atomic E-state index is 0.0856. The van der Waals surface area contributed by atoms with Crippen molar-refractivity contribution in [2.75, 3.05) is 6.26 Å². The Bertz CT molecular complexity index is 919. The van der Waals surface area contributed by atoms with Gasteiger partial charge in [-0.3, -0.25) is 4.79 Å². The average Bonchev–Trinajstić information content (AvgIpc) is 3.09. The Morgan fingerprint density at radius 1 is 1.20 bits per heavy atom. The van der Waals surface area contributed by atoms with Crippen LogP contribution in [-0.2, 0) is 12.2 Å². The minimum atomic E-state index is -0.0856. The van der Waals surface area contributed by atoms with Crippen LogP contribution in [0.2, 0.25) is 0 Å². The molecule has 0 aliphatic rings. The maximum Gasteiger partial charge on any atom is 0.254 e. The maximum atomic E-state index is 12.0. The van der Waals surface area contributed by atoms with Gasteiger partial charge in [0.05, 0.1) is 5.75 Å². The highest BCUT2D eigenvalue weighted by molar-refractivity contribution is 7.98. The summed E-state index contributed by atoms with van der Waals surface area (Å²) in [7, 11) is 0. The molecule has 3 aromatic rings. The molecule has 0 bridgehead atoms. The van der Waals surface area contributed by atoms with E-state index in [1.165, 1.54) is 16.7 Å². The summed E-state index contributed by atoms with van der Waals surface area (Å²) in [4.78, 5) is 24.8. The molecule has 0 atom stereocenters. The fraction of sp³-hybridized carbons (Fsp3) is 0.294. The van der Waals surface area contributed by atoms with Crippen LogP contribution in [0.1, 0.15) is 24.1 Å². The second-order valence-electron chi connectivity index (χ2n) is 5.32. The lowest BCUT2D eigenvalue weighted by atomic mass is 10.2. The van der Waals surface area contributed by atoms with E-state index in [-0.39, 0.29) is 5.56 Å². The van der Waals surface area contributed by atoms with Gasteiger partial charge in [0.1, 0.15) is 0 Å². The van der Waals surface area contributed by atoms with Gasteiger partial charge in [-0.1, -0.05) is 23.8 Å². The number of aryl methyl sites for hydroxylation is 1. The zero-order valence-electron chi connectivity index (χ0n) is 14.2. The van der Waals surface area contributed by atoms with Gasteiger partial charge in [-0.2, -0.15) is 4.98 Å². The first-order valence-electron chi connectivity index (χ1n) is 7.80. The fourth-order valence-electron chi connectivity index (χ4n) is 2.37. The van der Waals surface area contributed by atoms with Gasteiger partial charge in [-0.15, -0.1) is 11.8 Å². The molecule has 0 radical (unpaired) electrons. The van der Waals surface area contributed by atoms with Gasteiger partial charge in [0.15, 0.2) is 5.16 Å². The van der Waals surface area contributed by atoms with Crippen LogP contribution in [0.15, 0.2) is 43.6 Å². The van der Waals surface area contributed by atoms with E-state index in [2.05, 4.69) is 20.1 Å². The van der Waals surface area contributed by atoms with Crippen molar-refractivity contribution >= 4 is 23.5 Å². The van der Waals surface area contributed by atoms with Crippen molar-refractivity contribution in [3.05, 3.63) is 51.8 Å². The Hall–Kier alpha value is -2.06. The highest BCUT2D eigenvalue weighted by atomic mass is 32.2. The summed E-state index contributed by atoms with van der Waals surface area (Å²) in [5, 5.41) is 4.58. The minimum Gasteiger partial charge on any atom is -0.338 e. The topological polar surface area (TPSA) is 84.7 Å². The van der Waals surface area contributed by atoms with Crippen molar-refractivity contribution in [3.8, 4) is 11.4 Å². The molecule has 0 unspecified atom stereocenters. The molecule has 0 fully saturated rings. The van der Waals surface area contributed by atoms with Crippen LogP contribution in [0, 0.1) is 6.92 Å². The number of hydrogen-bond donors (Lipinski definition) is 1. The van der Waals surface area contributed by atoms with Crippen molar-refractivity contribution in [3.63, 3.8) is 0 Å². The number of aromatic nitrogens is 4. The van der Waals surface area contributed by atoms with Gasteiger partial charge < -0.3 is 9.51 Å². The molecule has 3 rings (SSSR count). The zero-order valence-corrected chi connectivity index (χ0v) is 15.8. The van der Waals surface area contributed by atoms with Crippen molar-refractivity contribution in [1.82, 2.24) is 20.1 Å². The molecule has 130 valence electrons. The SMILES string of the molecule is CCc1c(C)nc(SCc2nc(-c3ccc(SC)cc3)no2)[nH]c1=O. The van der Waals surface area contributed by atoms with E-state index < -0.39 is 0 Å². The maximum absolute atomic E-state index is 12.0. The van der Waals surface area contributed by atoms with Crippen LogP contribution >= 0.6 is 23.5 Å². The summed E-state index contributed by atoms with van der Waals surface area (Å²) >= 11 is 3.05. The van der Waals surface area contributed by atoms with Crippen molar-refractivity contribution < 1.29 is 4.52 Å².